The Hall–Kier alpha value is -1.62. The van der Waals surface area contributed by atoms with E-state index >= 15 is 0 Å². The predicted octanol–water partition coefficient (Wildman–Crippen LogP) is 1.78. The lowest BCUT2D eigenvalue weighted by molar-refractivity contribution is 0.0941. The first-order valence-corrected chi connectivity index (χ1v) is 8.64. The first kappa shape index (κ1) is 16.7. The monoisotopic (exact) mass is 324 g/mol. The first-order chi connectivity index (χ1) is 10.6. The van der Waals surface area contributed by atoms with Crippen molar-refractivity contribution in [1.29, 1.82) is 5.26 Å². The number of sulfonamides is 1. The molecule has 1 aliphatic heterocycles. The second-order valence-electron chi connectivity index (χ2n) is 5.08. The van der Waals surface area contributed by atoms with Gasteiger partial charge in [-0.25, -0.2) is 8.42 Å². The molecule has 0 amide bonds. The van der Waals surface area contributed by atoms with Crippen LogP contribution in [-0.4, -0.2) is 45.6 Å². The Kier molecular flexibility index (Phi) is 5.77. The topological polar surface area (TPSA) is 79.6 Å². The second kappa shape index (κ2) is 7.58. The smallest absolute Gasteiger partial charge is 0.243 e. The van der Waals surface area contributed by atoms with Crippen LogP contribution in [0.5, 0.6) is 5.75 Å². The van der Waals surface area contributed by atoms with E-state index in [4.69, 9.17) is 14.7 Å². The van der Waals surface area contributed by atoms with Gasteiger partial charge in [-0.05, 0) is 37.1 Å². The van der Waals surface area contributed by atoms with Gasteiger partial charge in [-0.1, -0.05) is 0 Å². The van der Waals surface area contributed by atoms with Crippen LogP contribution in [0, 0.1) is 11.3 Å². The summed E-state index contributed by atoms with van der Waals surface area (Å²) in [6.07, 6.45) is 1.86. The Morgan fingerprint density at radius 3 is 2.68 bits per heavy atom. The molecule has 6 nitrogen and oxygen atoms in total. The van der Waals surface area contributed by atoms with E-state index in [-0.39, 0.29) is 30.5 Å². The maximum absolute atomic E-state index is 12.7. The van der Waals surface area contributed by atoms with Crippen LogP contribution in [0.3, 0.4) is 0 Å². The maximum Gasteiger partial charge on any atom is 0.243 e. The summed E-state index contributed by atoms with van der Waals surface area (Å²) in [4.78, 5) is 0.198. The maximum atomic E-state index is 12.7. The third-order valence-corrected chi connectivity index (χ3v) is 5.48. The van der Waals surface area contributed by atoms with E-state index in [2.05, 4.69) is 0 Å². The molecule has 1 saturated heterocycles. The van der Waals surface area contributed by atoms with Crippen molar-refractivity contribution < 1.29 is 17.9 Å². The zero-order valence-electron chi connectivity index (χ0n) is 12.6. The molecule has 0 spiro atoms. The number of rotatable bonds is 7. The number of nitrogens with zero attached hydrogens (tertiary/aromatic N) is 2. The van der Waals surface area contributed by atoms with Crippen molar-refractivity contribution in [3.05, 3.63) is 24.3 Å². The SMILES string of the molecule is COc1ccc(S(=O)(=O)N(CCC#N)CC2CCCO2)cc1. The summed E-state index contributed by atoms with van der Waals surface area (Å²) in [5.74, 6) is 0.599. The number of ether oxygens (including phenoxy) is 2. The fourth-order valence-corrected chi connectivity index (χ4v) is 3.87. The van der Waals surface area contributed by atoms with Gasteiger partial charge >= 0.3 is 0 Å². The summed E-state index contributed by atoms with van der Waals surface area (Å²) in [6, 6.07) is 8.26. The third-order valence-electron chi connectivity index (χ3n) is 3.60. The Labute approximate surface area is 131 Å². The molecule has 1 aliphatic rings. The van der Waals surface area contributed by atoms with Crippen LogP contribution in [0.25, 0.3) is 0 Å². The van der Waals surface area contributed by atoms with E-state index in [0.717, 1.165) is 12.8 Å². The number of hydrogen-bond donors (Lipinski definition) is 0. The summed E-state index contributed by atoms with van der Waals surface area (Å²) in [7, 11) is -2.11. The van der Waals surface area contributed by atoms with Crippen LogP contribution >= 0.6 is 0 Å². The zero-order chi connectivity index (χ0) is 16.0. The molecule has 7 heteroatoms. The van der Waals surface area contributed by atoms with Gasteiger partial charge in [-0.15, -0.1) is 0 Å². The Morgan fingerprint density at radius 2 is 2.14 bits per heavy atom. The van der Waals surface area contributed by atoms with Crippen molar-refractivity contribution in [2.45, 2.75) is 30.3 Å². The molecule has 1 atom stereocenters. The van der Waals surface area contributed by atoms with Gasteiger partial charge < -0.3 is 9.47 Å². The number of benzene rings is 1. The largest absolute Gasteiger partial charge is 0.497 e. The summed E-state index contributed by atoms with van der Waals surface area (Å²) in [6.45, 7) is 1.13. The lowest BCUT2D eigenvalue weighted by atomic mass is 10.2. The average molecular weight is 324 g/mol. The zero-order valence-corrected chi connectivity index (χ0v) is 13.4. The molecule has 1 aromatic rings. The van der Waals surface area contributed by atoms with Gasteiger partial charge in [0, 0.05) is 26.1 Å². The van der Waals surface area contributed by atoms with Gasteiger partial charge in [0.2, 0.25) is 10.0 Å². The van der Waals surface area contributed by atoms with E-state index in [0.29, 0.717) is 12.4 Å². The molecule has 0 bridgehead atoms. The van der Waals surface area contributed by atoms with Crippen LogP contribution in [0.4, 0.5) is 0 Å². The minimum atomic E-state index is -3.64. The van der Waals surface area contributed by atoms with Gasteiger partial charge in [0.05, 0.1) is 24.2 Å². The van der Waals surface area contributed by atoms with Gasteiger partial charge in [0.1, 0.15) is 5.75 Å². The summed E-state index contributed by atoms with van der Waals surface area (Å²) in [5, 5.41) is 8.76. The first-order valence-electron chi connectivity index (χ1n) is 7.20. The van der Waals surface area contributed by atoms with Crippen molar-refractivity contribution in [1.82, 2.24) is 4.31 Å². The number of hydrogen-bond acceptors (Lipinski definition) is 5. The van der Waals surface area contributed by atoms with Crippen LogP contribution in [0.1, 0.15) is 19.3 Å². The molecule has 1 fully saturated rings. The van der Waals surface area contributed by atoms with Gasteiger partial charge in [-0.3, -0.25) is 0 Å². The molecule has 1 unspecified atom stereocenters. The average Bonchev–Trinajstić information content (AvgIpc) is 3.04. The summed E-state index contributed by atoms with van der Waals surface area (Å²) >= 11 is 0. The van der Waals surface area contributed by atoms with Crippen LogP contribution in [0.2, 0.25) is 0 Å². The van der Waals surface area contributed by atoms with Crippen molar-refractivity contribution in [3.63, 3.8) is 0 Å². The van der Waals surface area contributed by atoms with E-state index in [1.54, 1.807) is 12.1 Å². The van der Waals surface area contributed by atoms with E-state index in [1.165, 1.54) is 23.5 Å². The number of methoxy groups -OCH3 is 1. The number of nitriles is 1. The predicted molar refractivity (Wildman–Crippen MR) is 81.0 cm³/mol. The Morgan fingerprint density at radius 1 is 1.41 bits per heavy atom. The van der Waals surface area contributed by atoms with Crippen molar-refractivity contribution in [2.24, 2.45) is 0 Å². The Bertz CT molecular complexity index is 616. The summed E-state index contributed by atoms with van der Waals surface area (Å²) < 4.78 is 37.4. The molecular formula is C15H20N2O4S. The molecule has 22 heavy (non-hydrogen) atoms. The van der Waals surface area contributed by atoms with Gasteiger partial charge in [0.15, 0.2) is 0 Å². The molecule has 0 N–H and O–H groups in total. The molecule has 0 radical (unpaired) electrons. The summed E-state index contributed by atoms with van der Waals surface area (Å²) in [5.41, 5.74) is 0. The quantitative estimate of drug-likeness (QED) is 0.764. The molecule has 120 valence electrons. The molecule has 0 aliphatic carbocycles. The van der Waals surface area contributed by atoms with Crippen molar-refractivity contribution >= 4 is 10.0 Å². The highest BCUT2D eigenvalue weighted by molar-refractivity contribution is 7.89. The fourth-order valence-electron chi connectivity index (χ4n) is 2.40. The van der Waals surface area contributed by atoms with E-state index < -0.39 is 10.0 Å². The fraction of sp³-hybridized carbons (Fsp3) is 0.533. The van der Waals surface area contributed by atoms with Crippen molar-refractivity contribution in [2.75, 3.05) is 26.8 Å². The highest BCUT2D eigenvalue weighted by atomic mass is 32.2. The molecule has 0 saturated carbocycles. The second-order valence-corrected chi connectivity index (χ2v) is 7.02. The molecule has 1 heterocycles. The van der Waals surface area contributed by atoms with E-state index in [9.17, 15) is 8.42 Å². The minimum Gasteiger partial charge on any atom is -0.497 e. The highest BCUT2D eigenvalue weighted by Crippen LogP contribution is 2.22. The molecule has 2 rings (SSSR count). The molecule has 0 aromatic heterocycles. The minimum absolute atomic E-state index is 0.0910. The normalized spacial score (nSPS) is 18.3. The molecular weight excluding hydrogens is 304 g/mol. The van der Waals surface area contributed by atoms with Gasteiger partial charge in [-0.2, -0.15) is 9.57 Å². The standard InChI is InChI=1S/C15H20N2O4S/c1-20-13-5-7-15(8-6-13)22(18,19)17(10-3-9-16)12-14-4-2-11-21-14/h5-8,14H,2-4,10-12H2,1H3. The van der Waals surface area contributed by atoms with Crippen LogP contribution in [-0.2, 0) is 14.8 Å². The van der Waals surface area contributed by atoms with E-state index in [1.807, 2.05) is 6.07 Å². The van der Waals surface area contributed by atoms with Crippen LogP contribution < -0.4 is 4.74 Å². The lowest BCUT2D eigenvalue weighted by Gasteiger charge is -2.24. The van der Waals surface area contributed by atoms with Crippen molar-refractivity contribution in [3.8, 4) is 11.8 Å². The van der Waals surface area contributed by atoms with Crippen LogP contribution in [0.15, 0.2) is 29.2 Å². The highest BCUT2D eigenvalue weighted by Gasteiger charge is 2.28. The Balaban J connectivity index is 2.20. The van der Waals surface area contributed by atoms with Gasteiger partial charge in [0.25, 0.3) is 0 Å². The lowest BCUT2D eigenvalue weighted by Crippen LogP contribution is -2.38. The third kappa shape index (κ3) is 3.97. The molecule has 1 aromatic carbocycles.